The minimum atomic E-state index is -3.26. The standard InChI is InChI=1S/C12H21BrO4S/c1-10(2,9-7-16-11(3,4)17-9)18(14,15)12(8-13)5-6-12/h9H,5-8H2,1-4H3. The quantitative estimate of drug-likeness (QED) is 0.736. The molecule has 1 atom stereocenters. The molecule has 1 saturated carbocycles. The summed E-state index contributed by atoms with van der Waals surface area (Å²) in [6, 6.07) is 0. The Bertz CT molecular complexity index is 437. The summed E-state index contributed by atoms with van der Waals surface area (Å²) in [5.41, 5.74) is 0. The van der Waals surface area contributed by atoms with E-state index >= 15 is 0 Å². The molecule has 6 heteroatoms. The molecule has 2 rings (SSSR count). The van der Waals surface area contributed by atoms with Crippen LogP contribution >= 0.6 is 15.9 Å². The molecule has 1 aliphatic carbocycles. The van der Waals surface area contributed by atoms with Crippen molar-refractivity contribution in [3.05, 3.63) is 0 Å². The lowest BCUT2D eigenvalue weighted by molar-refractivity contribution is -0.141. The van der Waals surface area contributed by atoms with Crippen molar-refractivity contribution in [1.29, 1.82) is 0 Å². The van der Waals surface area contributed by atoms with Gasteiger partial charge in [-0.1, -0.05) is 15.9 Å². The van der Waals surface area contributed by atoms with Crippen LogP contribution in [0.4, 0.5) is 0 Å². The molecule has 0 N–H and O–H groups in total. The maximum Gasteiger partial charge on any atom is 0.164 e. The second-order valence-electron chi connectivity index (χ2n) is 6.24. The molecule has 0 radical (unpaired) electrons. The van der Waals surface area contributed by atoms with E-state index in [2.05, 4.69) is 15.9 Å². The van der Waals surface area contributed by atoms with Gasteiger partial charge in [0.25, 0.3) is 0 Å². The van der Waals surface area contributed by atoms with Crippen molar-refractivity contribution in [2.45, 2.75) is 61.9 Å². The van der Waals surface area contributed by atoms with Gasteiger partial charge < -0.3 is 9.47 Å². The highest BCUT2D eigenvalue weighted by Gasteiger charge is 2.62. The van der Waals surface area contributed by atoms with E-state index < -0.39 is 31.2 Å². The Hall–Kier alpha value is 0.350. The summed E-state index contributed by atoms with van der Waals surface area (Å²) in [5, 5.41) is 0.503. The van der Waals surface area contributed by atoms with Crippen molar-refractivity contribution in [2.75, 3.05) is 11.9 Å². The molecule has 106 valence electrons. The molecule has 2 aliphatic rings. The van der Waals surface area contributed by atoms with Crippen molar-refractivity contribution in [3.63, 3.8) is 0 Å². The third-order valence-corrected chi connectivity index (χ3v) is 8.88. The van der Waals surface area contributed by atoms with Gasteiger partial charge in [-0.2, -0.15) is 0 Å². The van der Waals surface area contributed by atoms with Crippen LogP contribution < -0.4 is 0 Å². The van der Waals surface area contributed by atoms with Crippen LogP contribution in [0.2, 0.25) is 0 Å². The fraction of sp³-hybridized carbons (Fsp3) is 1.00. The first-order chi connectivity index (χ1) is 8.08. The minimum Gasteiger partial charge on any atom is -0.348 e. The number of sulfone groups is 1. The van der Waals surface area contributed by atoms with Gasteiger partial charge in [0.05, 0.1) is 16.1 Å². The Kier molecular flexibility index (Phi) is 3.42. The largest absolute Gasteiger partial charge is 0.348 e. The van der Waals surface area contributed by atoms with Gasteiger partial charge in [-0.05, 0) is 40.5 Å². The van der Waals surface area contributed by atoms with E-state index in [4.69, 9.17) is 9.47 Å². The van der Waals surface area contributed by atoms with Gasteiger partial charge >= 0.3 is 0 Å². The van der Waals surface area contributed by atoms with Gasteiger partial charge in [0, 0.05) is 5.33 Å². The molecule has 0 bridgehead atoms. The number of halogens is 1. The van der Waals surface area contributed by atoms with Crippen LogP contribution in [0, 0.1) is 0 Å². The first-order valence-corrected chi connectivity index (χ1v) is 8.80. The Morgan fingerprint density at radius 3 is 2.22 bits per heavy atom. The number of alkyl halides is 1. The van der Waals surface area contributed by atoms with Gasteiger partial charge in [-0.3, -0.25) is 0 Å². The lowest BCUT2D eigenvalue weighted by atomic mass is 10.1. The Balaban J connectivity index is 2.27. The van der Waals surface area contributed by atoms with Crippen LogP contribution in [0.1, 0.15) is 40.5 Å². The summed E-state index contributed by atoms with van der Waals surface area (Å²) < 4.78 is 35.3. The van der Waals surface area contributed by atoms with Crippen LogP contribution in [-0.4, -0.2) is 41.7 Å². The highest BCUT2D eigenvalue weighted by Crippen LogP contribution is 2.51. The van der Waals surface area contributed by atoms with Crippen molar-refractivity contribution < 1.29 is 17.9 Å². The fourth-order valence-electron chi connectivity index (χ4n) is 2.37. The average Bonchev–Trinajstić information content (AvgIpc) is 2.98. The molecule has 18 heavy (non-hydrogen) atoms. The van der Waals surface area contributed by atoms with Crippen LogP contribution in [-0.2, 0) is 19.3 Å². The van der Waals surface area contributed by atoms with Crippen LogP contribution in [0.3, 0.4) is 0 Å². The molecule has 1 saturated heterocycles. The first kappa shape index (κ1) is 14.8. The van der Waals surface area contributed by atoms with E-state index in [0.717, 1.165) is 12.8 Å². The molecule has 0 aromatic heterocycles. The third kappa shape index (κ3) is 2.05. The molecular weight excluding hydrogens is 320 g/mol. The average molecular weight is 341 g/mol. The summed E-state index contributed by atoms with van der Waals surface area (Å²) in [7, 11) is -3.26. The minimum absolute atomic E-state index is 0.331. The molecule has 0 aromatic rings. The zero-order chi connectivity index (χ0) is 13.8. The summed E-state index contributed by atoms with van der Waals surface area (Å²) in [5.74, 6) is -0.692. The Morgan fingerprint density at radius 1 is 1.33 bits per heavy atom. The summed E-state index contributed by atoms with van der Waals surface area (Å²) >= 11 is 3.34. The number of hydrogen-bond donors (Lipinski definition) is 0. The topological polar surface area (TPSA) is 52.6 Å². The predicted octanol–water partition coefficient (Wildman–Crippen LogP) is 2.26. The number of ether oxygens (including phenoxy) is 2. The van der Waals surface area contributed by atoms with Gasteiger partial charge in [0.15, 0.2) is 15.6 Å². The van der Waals surface area contributed by atoms with Crippen LogP contribution in [0.15, 0.2) is 0 Å². The summed E-state index contributed by atoms with van der Waals surface area (Å²) in [4.78, 5) is 0. The first-order valence-electron chi connectivity index (χ1n) is 6.20. The van der Waals surface area contributed by atoms with Gasteiger partial charge in [0.1, 0.15) is 6.10 Å². The van der Waals surface area contributed by atoms with Crippen molar-refractivity contribution >= 4 is 25.8 Å². The van der Waals surface area contributed by atoms with E-state index in [-0.39, 0.29) is 0 Å². The second kappa shape index (κ2) is 4.17. The monoisotopic (exact) mass is 340 g/mol. The SMILES string of the molecule is CC1(C)OCC(C(C)(C)S(=O)(=O)C2(CBr)CC2)O1. The molecule has 0 amide bonds. The molecule has 4 nitrogen and oxygen atoms in total. The van der Waals surface area contributed by atoms with Crippen molar-refractivity contribution in [3.8, 4) is 0 Å². The molecule has 1 aliphatic heterocycles. The van der Waals surface area contributed by atoms with Gasteiger partial charge in [-0.25, -0.2) is 8.42 Å². The summed E-state index contributed by atoms with van der Waals surface area (Å²) in [6.07, 6.45) is 1.07. The maximum atomic E-state index is 12.8. The molecule has 0 aromatic carbocycles. The van der Waals surface area contributed by atoms with Crippen molar-refractivity contribution in [2.24, 2.45) is 0 Å². The van der Waals surface area contributed by atoms with Crippen LogP contribution in [0.5, 0.6) is 0 Å². The second-order valence-corrected chi connectivity index (χ2v) is 9.73. The predicted molar refractivity (Wildman–Crippen MR) is 73.7 cm³/mol. The fourth-order valence-corrected chi connectivity index (χ4v) is 6.20. The lowest BCUT2D eigenvalue weighted by Gasteiger charge is -2.34. The lowest BCUT2D eigenvalue weighted by Crippen LogP contribution is -2.51. The van der Waals surface area contributed by atoms with Gasteiger partial charge in [-0.15, -0.1) is 0 Å². The van der Waals surface area contributed by atoms with Gasteiger partial charge in [0.2, 0.25) is 0 Å². The maximum absolute atomic E-state index is 12.8. The highest BCUT2D eigenvalue weighted by atomic mass is 79.9. The zero-order valence-electron chi connectivity index (χ0n) is 11.3. The van der Waals surface area contributed by atoms with E-state index in [9.17, 15) is 8.42 Å². The molecule has 1 heterocycles. The zero-order valence-corrected chi connectivity index (χ0v) is 13.7. The Morgan fingerprint density at radius 2 is 1.89 bits per heavy atom. The van der Waals surface area contributed by atoms with E-state index in [1.54, 1.807) is 13.8 Å². The van der Waals surface area contributed by atoms with E-state index in [1.165, 1.54) is 0 Å². The Labute approximate surface area is 117 Å². The molecule has 2 fully saturated rings. The number of rotatable bonds is 4. The summed E-state index contributed by atoms with van der Waals surface area (Å²) in [6.45, 7) is 7.46. The number of hydrogen-bond acceptors (Lipinski definition) is 4. The smallest absolute Gasteiger partial charge is 0.164 e. The highest BCUT2D eigenvalue weighted by molar-refractivity contribution is 9.09. The van der Waals surface area contributed by atoms with Crippen LogP contribution in [0.25, 0.3) is 0 Å². The normalized spacial score (nSPS) is 30.4. The molecular formula is C12H21BrO4S. The van der Waals surface area contributed by atoms with E-state index in [1.807, 2.05) is 13.8 Å². The van der Waals surface area contributed by atoms with E-state index in [0.29, 0.717) is 11.9 Å². The molecule has 1 unspecified atom stereocenters. The van der Waals surface area contributed by atoms with Crippen molar-refractivity contribution in [1.82, 2.24) is 0 Å². The molecule has 0 spiro atoms. The third-order valence-electron chi connectivity index (χ3n) is 4.10.